The second kappa shape index (κ2) is 10.6. The highest BCUT2D eigenvalue weighted by atomic mass is 32.2. The molecule has 1 aromatic heterocycles. The molecule has 31 heavy (non-hydrogen) atoms. The minimum atomic E-state index is -4.60. The van der Waals surface area contributed by atoms with Crippen LogP contribution in [0.4, 0.5) is 29.1 Å². The van der Waals surface area contributed by atoms with E-state index in [2.05, 4.69) is 15.4 Å². The van der Waals surface area contributed by atoms with Crippen molar-refractivity contribution in [2.45, 2.75) is 15.3 Å². The van der Waals surface area contributed by atoms with Crippen LogP contribution in [0, 0.1) is 5.82 Å². The molecule has 0 saturated carbocycles. The monoisotopic (exact) mass is 480 g/mol. The van der Waals surface area contributed by atoms with Crippen LogP contribution in [-0.4, -0.2) is 40.7 Å². The van der Waals surface area contributed by atoms with Gasteiger partial charge in [-0.15, -0.1) is 0 Å². The molecule has 0 atom stereocenters. The van der Waals surface area contributed by atoms with Crippen molar-refractivity contribution >= 4 is 46.1 Å². The lowest BCUT2D eigenvalue weighted by atomic mass is 10.2. The van der Waals surface area contributed by atoms with E-state index in [9.17, 15) is 22.4 Å². The summed E-state index contributed by atoms with van der Waals surface area (Å²) in [6, 6.07) is 5.31. The van der Waals surface area contributed by atoms with Crippen molar-refractivity contribution < 1.29 is 32.7 Å². The van der Waals surface area contributed by atoms with E-state index >= 15 is 0 Å². The van der Waals surface area contributed by atoms with Crippen LogP contribution in [0.5, 0.6) is 0 Å². The number of hydrogen-bond donors (Lipinski definition) is 4. The van der Waals surface area contributed by atoms with Gasteiger partial charge in [-0.2, -0.15) is 23.8 Å². The number of nitrogens with one attached hydrogen (secondary N) is 1. The van der Waals surface area contributed by atoms with Crippen molar-refractivity contribution in [2.75, 3.05) is 19.5 Å². The van der Waals surface area contributed by atoms with Crippen LogP contribution in [0.3, 0.4) is 0 Å². The number of amidine groups is 1. The molecule has 2 aromatic rings. The SMILES string of the molecule is CO[NH2+]c1ccc(S/C(=N/N)N(C)N)c(C(=O)Nc2ncc(SC(F)(F)F)cc2F)c1. The van der Waals surface area contributed by atoms with Crippen molar-refractivity contribution in [3.8, 4) is 0 Å². The van der Waals surface area contributed by atoms with Crippen molar-refractivity contribution in [2.24, 2.45) is 16.8 Å². The average molecular weight is 480 g/mol. The molecule has 0 aliphatic rings. The van der Waals surface area contributed by atoms with E-state index < -0.39 is 39.7 Å². The normalized spacial score (nSPS) is 12.0. The van der Waals surface area contributed by atoms with Gasteiger partial charge in [-0.1, -0.05) is 0 Å². The van der Waals surface area contributed by atoms with Gasteiger partial charge in [0.05, 0.1) is 12.7 Å². The van der Waals surface area contributed by atoms with E-state index in [0.29, 0.717) is 16.6 Å². The van der Waals surface area contributed by atoms with Crippen molar-refractivity contribution in [1.29, 1.82) is 0 Å². The Balaban J connectivity index is 2.33. The van der Waals surface area contributed by atoms with E-state index in [0.717, 1.165) is 23.0 Å². The zero-order valence-corrected chi connectivity index (χ0v) is 17.7. The fourth-order valence-corrected chi connectivity index (χ4v) is 3.51. The summed E-state index contributed by atoms with van der Waals surface area (Å²) in [5.74, 6) is 8.51. The quantitative estimate of drug-likeness (QED) is 0.0938. The summed E-state index contributed by atoms with van der Waals surface area (Å²) in [6.45, 7) is 0. The highest BCUT2D eigenvalue weighted by molar-refractivity contribution is 8.13. The van der Waals surface area contributed by atoms with Crippen molar-refractivity contribution in [3.63, 3.8) is 0 Å². The van der Waals surface area contributed by atoms with E-state index in [-0.39, 0.29) is 10.7 Å². The predicted molar refractivity (Wildman–Crippen MR) is 109 cm³/mol. The second-order valence-electron chi connectivity index (χ2n) is 5.74. The van der Waals surface area contributed by atoms with Crippen LogP contribution in [-0.2, 0) is 4.84 Å². The lowest BCUT2D eigenvalue weighted by molar-refractivity contribution is -0.830. The van der Waals surface area contributed by atoms with Gasteiger partial charge in [0.1, 0.15) is 0 Å². The van der Waals surface area contributed by atoms with Crippen LogP contribution in [0.1, 0.15) is 10.4 Å². The van der Waals surface area contributed by atoms with E-state index in [4.69, 9.17) is 16.5 Å². The number of quaternary nitrogens is 1. The van der Waals surface area contributed by atoms with Crippen LogP contribution in [0.25, 0.3) is 0 Å². The summed E-state index contributed by atoms with van der Waals surface area (Å²) in [4.78, 5) is 21.2. The molecular weight excluding hydrogens is 462 g/mol. The minimum absolute atomic E-state index is 0.0775. The van der Waals surface area contributed by atoms with E-state index in [1.807, 2.05) is 0 Å². The molecule has 0 aliphatic carbocycles. The molecule has 0 radical (unpaired) electrons. The van der Waals surface area contributed by atoms with Gasteiger partial charge < -0.3 is 11.2 Å². The van der Waals surface area contributed by atoms with Crippen LogP contribution in [0.2, 0.25) is 0 Å². The molecule has 0 unspecified atom stereocenters. The standard InChI is InChI=1S/C16H17F4N7O2S2/c1-27(22)15(25-21)30-12-4-3-8(26-29-2)5-10(12)14(28)24-13-11(17)6-9(7-23-13)31-16(18,19)20/h3-7,26H,21-22H2,1-2H3,(H,23,24,28)/p+1/b25-15+. The van der Waals surface area contributed by atoms with Crippen LogP contribution < -0.4 is 22.5 Å². The number of carbonyl (C=O) groups is 1. The third-order valence-electron chi connectivity index (χ3n) is 3.40. The maximum absolute atomic E-state index is 14.2. The first-order valence-corrected chi connectivity index (χ1v) is 9.84. The molecule has 0 spiro atoms. The van der Waals surface area contributed by atoms with Crippen LogP contribution in [0.15, 0.2) is 45.4 Å². The number of hydrazine groups is 1. The summed E-state index contributed by atoms with van der Waals surface area (Å²) in [5, 5.41) is 7.09. The van der Waals surface area contributed by atoms with Gasteiger partial charge in [-0.3, -0.25) is 9.80 Å². The Bertz CT molecular complexity index is 973. The number of thioether (sulfide) groups is 2. The van der Waals surface area contributed by atoms with Gasteiger partial charge in [-0.25, -0.2) is 20.1 Å². The van der Waals surface area contributed by atoms with Gasteiger partial charge in [0.15, 0.2) is 17.3 Å². The number of amides is 1. The number of hydrogen-bond acceptors (Lipinski definition) is 8. The molecule has 9 nitrogen and oxygen atoms in total. The fourth-order valence-electron chi connectivity index (χ4n) is 2.19. The lowest BCUT2D eigenvalue weighted by Crippen LogP contribution is -2.75. The Hall–Kier alpha value is -2.59. The number of benzene rings is 1. The number of pyridine rings is 1. The van der Waals surface area contributed by atoms with Gasteiger partial charge in [0.25, 0.3) is 5.91 Å². The molecule has 0 saturated heterocycles. The molecule has 1 amide bonds. The fraction of sp³-hybridized carbons (Fsp3) is 0.188. The van der Waals surface area contributed by atoms with Gasteiger partial charge in [-0.05, 0) is 35.7 Å². The maximum atomic E-state index is 14.2. The number of nitrogens with two attached hydrogens (primary N) is 3. The first-order chi connectivity index (χ1) is 14.5. The first-order valence-electron chi connectivity index (χ1n) is 8.21. The number of alkyl halides is 3. The Kier molecular flexibility index (Phi) is 8.46. The van der Waals surface area contributed by atoms with Gasteiger partial charge >= 0.3 is 5.51 Å². The van der Waals surface area contributed by atoms with Gasteiger partial charge in [0, 0.05) is 35.2 Å². The summed E-state index contributed by atoms with van der Waals surface area (Å²) < 4.78 is 51.5. The third kappa shape index (κ3) is 7.25. The number of carbonyl (C=O) groups excluding carboxylic acids is 1. The number of halogens is 4. The predicted octanol–water partition coefficient (Wildman–Crippen LogP) is 1.97. The Labute approximate surface area is 182 Å². The molecule has 15 heteroatoms. The Morgan fingerprint density at radius 2 is 2.06 bits per heavy atom. The van der Waals surface area contributed by atoms with Crippen LogP contribution >= 0.6 is 23.5 Å². The smallest absolute Gasteiger partial charge is 0.321 e. The van der Waals surface area contributed by atoms with E-state index in [1.54, 1.807) is 12.1 Å². The summed E-state index contributed by atoms with van der Waals surface area (Å²) in [7, 11) is 2.91. The van der Waals surface area contributed by atoms with Crippen molar-refractivity contribution in [1.82, 2.24) is 9.99 Å². The maximum Gasteiger partial charge on any atom is 0.446 e. The highest BCUT2D eigenvalue weighted by Gasteiger charge is 2.30. The number of nitrogens with zero attached hydrogens (tertiary/aromatic N) is 3. The highest BCUT2D eigenvalue weighted by Crippen LogP contribution is 2.37. The molecule has 0 aliphatic heterocycles. The summed E-state index contributed by atoms with van der Waals surface area (Å²) in [6.07, 6.45) is 0.810. The summed E-state index contributed by atoms with van der Waals surface area (Å²) >= 11 is 0.453. The van der Waals surface area contributed by atoms with Gasteiger partial charge in [0.2, 0.25) is 5.17 Å². The number of rotatable bonds is 6. The molecule has 0 fully saturated rings. The molecule has 1 aromatic carbocycles. The zero-order chi connectivity index (χ0) is 23.2. The molecule has 168 valence electrons. The molecule has 0 bridgehead atoms. The van der Waals surface area contributed by atoms with E-state index in [1.165, 1.54) is 25.7 Å². The molecular formula is C16H18F4N7O2S2+. The molecule has 2 rings (SSSR count). The number of anilines is 1. The Morgan fingerprint density at radius 1 is 1.35 bits per heavy atom. The summed E-state index contributed by atoms with van der Waals surface area (Å²) in [5.41, 5.74) is -2.62. The zero-order valence-electron chi connectivity index (χ0n) is 16.1. The largest absolute Gasteiger partial charge is 0.446 e. The lowest BCUT2D eigenvalue weighted by Gasteiger charge is -2.15. The molecule has 7 N–H and O–H groups in total. The third-order valence-corrected chi connectivity index (χ3v) is 5.24. The number of hydrazone groups is 1. The van der Waals surface area contributed by atoms with Crippen molar-refractivity contribution in [3.05, 3.63) is 41.8 Å². The number of aromatic nitrogens is 1. The topological polar surface area (TPSA) is 135 Å². The second-order valence-corrected chi connectivity index (χ2v) is 7.88. The first kappa shape index (κ1) is 24.7. The average Bonchev–Trinajstić information content (AvgIpc) is 2.67. The minimum Gasteiger partial charge on any atom is -0.321 e. The Morgan fingerprint density at radius 3 is 2.61 bits per heavy atom. The molecule has 1 heterocycles.